The molecule has 0 spiro atoms. The van der Waals surface area contributed by atoms with E-state index in [9.17, 15) is 0 Å². The normalized spacial score (nSPS) is 11.4. The fraction of sp³-hybridized carbons (Fsp3) is 0.545. The summed E-state index contributed by atoms with van der Waals surface area (Å²) in [5.41, 5.74) is 0.682. The third kappa shape index (κ3) is 2.34. The first-order valence-corrected chi connectivity index (χ1v) is 6.14. The second kappa shape index (κ2) is 4.87. The Balaban J connectivity index is 2.54. The summed E-state index contributed by atoms with van der Waals surface area (Å²) in [5, 5.41) is 7.98. The Labute approximate surface area is 105 Å². The molecule has 0 aromatic carbocycles. The predicted molar refractivity (Wildman–Crippen MR) is 69.5 cm³/mol. The van der Waals surface area contributed by atoms with Crippen molar-refractivity contribution in [2.75, 3.05) is 11.4 Å². The van der Waals surface area contributed by atoms with E-state index in [1.807, 2.05) is 0 Å². The van der Waals surface area contributed by atoms with Crippen LogP contribution in [-0.2, 0) is 0 Å². The van der Waals surface area contributed by atoms with Crippen molar-refractivity contribution >= 4 is 28.5 Å². The molecule has 92 valence electrons. The second-order valence-electron chi connectivity index (χ2n) is 4.24. The van der Waals surface area contributed by atoms with Gasteiger partial charge in [0.25, 0.3) is 0 Å². The molecule has 0 aliphatic rings. The van der Waals surface area contributed by atoms with Crippen LogP contribution in [0.5, 0.6) is 0 Å². The Bertz CT molecular complexity index is 508. The van der Waals surface area contributed by atoms with Crippen LogP contribution < -0.4 is 4.90 Å². The number of hydrogen-bond acceptors (Lipinski definition) is 4. The highest BCUT2D eigenvalue weighted by Crippen LogP contribution is 2.25. The molecule has 0 radical (unpaired) electrons. The minimum atomic E-state index is 0.249. The Morgan fingerprint density at radius 3 is 2.82 bits per heavy atom. The number of nitrogens with one attached hydrogen (secondary N) is 1. The van der Waals surface area contributed by atoms with Gasteiger partial charge in [-0.15, -0.1) is 0 Å². The van der Waals surface area contributed by atoms with Gasteiger partial charge in [-0.3, -0.25) is 5.10 Å². The molecule has 2 aromatic rings. The van der Waals surface area contributed by atoms with Crippen LogP contribution >= 0.6 is 11.6 Å². The lowest BCUT2D eigenvalue weighted by Gasteiger charge is -2.27. The van der Waals surface area contributed by atoms with E-state index in [1.165, 1.54) is 0 Å². The van der Waals surface area contributed by atoms with Crippen LogP contribution in [0.4, 0.5) is 5.82 Å². The maximum Gasteiger partial charge on any atom is 0.226 e. The molecule has 0 bridgehead atoms. The standard InChI is InChI=1S/C11H16ClN5/c1-4-5-17(7(2)3)10-8-6-13-16-9(8)14-11(12)15-10/h6-7H,4-5H2,1-3H3,(H,13,14,15,16). The van der Waals surface area contributed by atoms with Gasteiger partial charge in [0.05, 0.1) is 11.6 Å². The molecule has 2 heterocycles. The van der Waals surface area contributed by atoms with Crippen LogP contribution in [-0.4, -0.2) is 32.8 Å². The Morgan fingerprint density at radius 1 is 1.41 bits per heavy atom. The quantitative estimate of drug-likeness (QED) is 0.851. The third-order valence-corrected chi connectivity index (χ3v) is 2.79. The van der Waals surface area contributed by atoms with Crippen LogP contribution in [0.2, 0.25) is 5.28 Å². The van der Waals surface area contributed by atoms with E-state index in [-0.39, 0.29) is 5.28 Å². The SMILES string of the molecule is CCCN(c1nc(Cl)nc2[nH]ncc12)C(C)C. The summed E-state index contributed by atoms with van der Waals surface area (Å²) < 4.78 is 0. The number of fused-ring (bicyclic) bond motifs is 1. The minimum absolute atomic E-state index is 0.249. The van der Waals surface area contributed by atoms with Gasteiger partial charge in [-0.2, -0.15) is 15.1 Å². The largest absolute Gasteiger partial charge is 0.353 e. The minimum Gasteiger partial charge on any atom is -0.353 e. The van der Waals surface area contributed by atoms with Crippen molar-refractivity contribution in [3.05, 3.63) is 11.5 Å². The molecule has 1 N–H and O–H groups in total. The molecule has 0 saturated heterocycles. The van der Waals surface area contributed by atoms with Crippen molar-refractivity contribution in [1.29, 1.82) is 0 Å². The van der Waals surface area contributed by atoms with Crippen LogP contribution in [0.1, 0.15) is 27.2 Å². The molecule has 2 rings (SSSR count). The molecule has 0 atom stereocenters. The molecule has 5 nitrogen and oxygen atoms in total. The van der Waals surface area contributed by atoms with Gasteiger partial charge >= 0.3 is 0 Å². The molecule has 17 heavy (non-hydrogen) atoms. The van der Waals surface area contributed by atoms with Crippen molar-refractivity contribution in [3.8, 4) is 0 Å². The highest BCUT2D eigenvalue weighted by Gasteiger charge is 2.17. The zero-order chi connectivity index (χ0) is 12.4. The van der Waals surface area contributed by atoms with Crippen LogP contribution in [0.25, 0.3) is 11.0 Å². The maximum absolute atomic E-state index is 5.93. The van der Waals surface area contributed by atoms with E-state index in [1.54, 1.807) is 6.20 Å². The van der Waals surface area contributed by atoms with Gasteiger partial charge in [-0.05, 0) is 31.9 Å². The summed E-state index contributed by atoms with van der Waals surface area (Å²) in [5.74, 6) is 0.852. The first-order valence-electron chi connectivity index (χ1n) is 5.76. The predicted octanol–water partition coefficient (Wildman–Crippen LogP) is 2.63. The average Bonchev–Trinajstić information content (AvgIpc) is 2.72. The Hall–Kier alpha value is -1.36. The number of aromatic nitrogens is 4. The first-order chi connectivity index (χ1) is 8.13. The zero-order valence-corrected chi connectivity index (χ0v) is 11.0. The summed E-state index contributed by atoms with van der Waals surface area (Å²) in [7, 11) is 0. The van der Waals surface area contributed by atoms with E-state index >= 15 is 0 Å². The first kappa shape index (κ1) is 12.1. The summed E-state index contributed by atoms with van der Waals surface area (Å²) >= 11 is 5.93. The summed E-state index contributed by atoms with van der Waals surface area (Å²) in [6.07, 6.45) is 2.80. The van der Waals surface area contributed by atoms with E-state index in [0.29, 0.717) is 11.7 Å². The van der Waals surface area contributed by atoms with Crippen molar-refractivity contribution in [3.63, 3.8) is 0 Å². The van der Waals surface area contributed by atoms with Crippen molar-refractivity contribution in [1.82, 2.24) is 20.2 Å². The second-order valence-corrected chi connectivity index (χ2v) is 4.57. The van der Waals surface area contributed by atoms with E-state index < -0.39 is 0 Å². The summed E-state index contributed by atoms with van der Waals surface area (Å²) in [4.78, 5) is 10.7. The van der Waals surface area contributed by atoms with Gasteiger partial charge in [-0.1, -0.05) is 6.92 Å². The molecule has 0 fully saturated rings. The Morgan fingerprint density at radius 2 is 2.18 bits per heavy atom. The molecule has 2 aromatic heterocycles. The molecule has 0 saturated carbocycles. The van der Waals surface area contributed by atoms with Gasteiger partial charge in [0.15, 0.2) is 5.65 Å². The summed E-state index contributed by atoms with van der Waals surface area (Å²) in [6.45, 7) is 7.35. The lowest BCUT2D eigenvalue weighted by atomic mass is 10.2. The van der Waals surface area contributed by atoms with Crippen LogP contribution in [0.3, 0.4) is 0 Å². The van der Waals surface area contributed by atoms with Gasteiger partial charge in [0.1, 0.15) is 5.82 Å². The van der Waals surface area contributed by atoms with Crippen molar-refractivity contribution in [2.45, 2.75) is 33.2 Å². The highest BCUT2D eigenvalue weighted by atomic mass is 35.5. The lowest BCUT2D eigenvalue weighted by molar-refractivity contribution is 0.664. The average molecular weight is 254 g/mol. The number of halogens is 1. The van der Waals surface area contributed by atoms with Gasteiger partial charge < -0.3 is 4.90 Å². The topological polar surface area (TPSA) is 57.7 Å². The number of nitrogens with zero attached hydrogens (tertiary/aromatic N) is 4. The maximum atomic E-state index is 5.93. The highest BCUT2D eigenvalue weighted by molar-refractivity contribution is 6.28. The van der Waals surface area contributed by atoms with E-state index in [4.69, 9.17) is 11.6 Å². The molecular formula is C11H16ClN5. The number of rotatable bonds is 4. The van der Waals surface area contributed by atoms with Gasteiger partial charge in [-0.25, -0.2) is 0 Å². The number of H-pyrrole nitrogens is 1. The fourth-order valence-electron chi connectivity index (χ4n) is 1.86. The van der Waals surface area contributed by atoms with Crippen molar-refractivity contribution < 1.29 is 0 Å². The third-order valence-electron chi connectivity index (χ3n) is 2.62. The van der Waals surface area contributed by atoms with Gasteiger partial charge in [0, 0.05) is 12.6 Å². The summed E-state index contributed by atoms with van der Waals surface area (Å²) in [6, 6.07) is 0.360. The fourth-order valence-corrected chi connectivity index (χ4v) is 2.03. The molecule has 0 aliphatic carbocycles. The van der Waals surface area contributed by atoms with Crippen molar-refractivity contribution in [2.24, 2.45) is 0 Å². The zero-order valence-electron chi connectivity index (χ0n) is 10.2. The monoisotopic (exact) mass is 253 g/mol. The molecule has 6 heteroatoms. The lowest BCUT2D eigenvalue weighted by Crippen LogP contribution is -2.32. The smallest absolute Gasteiger partial charge is 0.226 e. The Kier molecular flexibility index (Phi) is 3.47. The number of anilines is 1. The molecule has 0 unspecified atom stereocenters. The van der Waals surface area contributed by atoms with Gasteiger partial charge in [0.2, 0.25) is 5.28 Å². The van der Waals surface area contributed by atoms with E-state index in [2.05, 4.69) is 45.8 Å². The molecule has 0 aliphatic heterocycles. The van der Waals surface area contributed by atoms with Crippen LogP contribution in [0.15, 0.2) is 6.20 Å². The number of hydrogen-bond donors (Lipinski definition) is 1. The van der Waals surface area contributed by atoms with E-state index in [0.717, 1.165) is 24.2 Å². The molecule has 0 amide bonds. The van der Waals surface area contributed by atoms with Crippen LogP contribution in [0, 0.1) is 0 Å². The number of aromatic amines is 1. The molecular weight excluding hydrogens is 238 g/mol.